The normalized spacial score (nSPS) is 15.9. The van der Waals surface area contributed by atoms with Gasteiger partial charge in [-0.1, -0.05) is 96.8 Å². The van der Waals surface area contributed by atoms with Crippen molar-refractivity contribution in [2.45, 2.75) is 135 Å². The predicted molar refractivity (Wildman–Crippen MR) is 132 cm³/mol. The van der Waals surface area contributed by atoms with E-state index in [-0.39, 0.29) is 12.5 Å². The fourth-order valence-electron chi connectivity index (χ4n) is 3.77. The van der Waals surface area contributed by atoms with Gasteiger partial charge in [0.15, 0.2) is 0 Å². The van der Waals surface area contributed by atoms with E-state index in [2.05, 4.69) is 17.0 Å². The Morgan fingerprint density at radius 3 is 1.76 bits per heavy atom. The number of hydrogen-bond acceptors (Lipinski definition) is 6. The van der Waals surface area contributed by atoms with Crippen molar-refractivity contribution in [2.24, 2.45) is 0 Å². The molecule has 0 aromatic heterocycles. The highest BCUT2D eigenvalue weighted by Gasteiger charge is 2.28. The lowest BCUT2D eigenvalue weighted by Gasteiger charge is -2.12. The molecule has 200 valence electrons. The predicted octanol–water partition coefficient (Wildman–Crippen LogP) is 4.49. The average Bonchev–Trinajstić information content (AvgIpc) is 3.26. The van der Waals surface area contributed by atoms with Crippen molar-refractivity contribution < 1.29 is 34.4 Å². The molecule has 4 N–H and O–H groups in total. The largest absolute Gasteiger partial charge is 0.481 e. The molecule has 0 radical (unpaired) electrons. The van der Waals surface area contributed by atoms with Crippen molar-refractivity contribution in [1.29, 1.82) is 0 Å². The Hall–Kier alpha value is -1.67. The lowest BCUT2D eigenvalue weighted by molar-refractivity contribution is -0.150. The molecule has 1 fully saturated rings. The van der Waals surface area contributed by atoms with Gasteiger partial charge in [0.2, 0.25) is 5.91 Å². The summed E-state index contributed by atoms with van der Waals surface area (Å²) in [5.41, 5.74) is 0. The molecule has 1 unspecified atom stereocenters. The first-order valence-corrected chi connectivity index (χ1v) is 13.4. The summed E-state index contributed by atoms with van der Waals surface area (Å²) in [6.45, 7) is 1.57. The molecular formula is C26H49NO7. The maximum atomic E-state index is 11.2. The highest BCUT2D eigenvalue weighted by molar-refractivity contribution is 5.88. The van der Waals surface area contributed by atoms with Crippen LogP contribution in [0.4, 0.5) is 0 Å². The van der Waals surface area contributed by atoms with E-state index in [9.17, 15) is 14.4 Å². The molecule has 1 amide bonds. The van der Waals surface area contributed by atoms with Gasteiger partial charge in [-0.2, -0.15) is 0 Å². The van der Waals surface area contributed by atoms with Gasteiger partial charge in [0.05, 0.1) is 6.61 Å². The first-order chi connectivity index (χ1) is 16.4. The zero-order valence-corrected chi connectivity index (χ0v) is 21.3. The molecule has 1 rings (SSSR count). The van der Waals surface area contributed by atoms with Crippen LogP contribution in [0.5, 0.6) is 0 Å². The number of amides is 1. The zero-order valence-electron chi connectivity index (χ0n) is 21.3. The molecule has 34 heavy (non-hydrogen) atoms. The van der Waals surface area contributed by atoms with Crippen molar-refractivity contribution >= 4 is 17.8 Å². The van der Waals surface area contributed by atoms with Gasteiger partial charge < -0.3 is 25.4 Å². The van der Waals surface area contributed by atoms with Gasteiger partial charge in [-0.3, -0.25) is 9.59 Å². The second-order valence-electron chi connectivity index (χ2n) is 9.22. The lowest BCUT2D eigenvalue weighted by Crippen LogP contribution is -2.36. The molecule has 2 atom stereocenters. The van der Waals surface area contributed by atoms with Gasteiger partial charge in [-0.05, 0) is 12.8 Å². The smallest absolute Gasteiger partial charge is 0.328 e. The van der Waals surface area contributed by atoms with Gasteiger partial charge in [-0.25, -0.2) is 4.79 Å². The van der Waals surface area contributed by atoms with Gasteiger partial charge >= 0.3 is 11.9 Å². The van der Waals surface area contributed by atoms with E-state index >= 15 is 0 Å². The number of carbonyl (C=O) groups is 3. The summed E-state index contributed by atoms with van der Waals surface area (Å²) in [4.78, 5) is 32.3. The van der Waals surface area contributed by atoms with Gasteiger partial charge in [0, 0.05) is 12.8 Å². The Kier molecular flexibility index (Phi) is 22.0. The van der Waals surface area contributed by atoms with Crippen molar-refractivity contribution in [3.05, 3.63) is 0 Å². The Morgan fingerprint density at radius 1 is 0.912 bits per heavy atom. The van der Waals surface area contributed by atoms with Crippen molar-refractivity contribution in [2.75, 3.05) is 13.2 Å². The molecule has 1 saturated heterocycles. The fourth-order valence-corrected chi connectivity index (χ4v) is 3.77. The summed E-state index contributed by atoms with van der Waals surface area (Å²) in [7, 11) is 0. The number of aliphatic hydroxyl groups is 2. The molecule has 8 nitrogen and oxygen atoms in total. The highest BCUT2D eigenvalue weighted by atomic mass is 16.5. The molecule has 1 aliphatic rings. The number of aliphatic hydroxyl groups excluding tert-OH is 2. The Balaban J connectivity index is 0.000000679. The van der Waals surface area contributed by atoms with Crippen LogP contribution in [0.2, 0.25) is 0 Å². The van der Waals surface area contributed by atoms with Gasteiger partial charge in [0.25, 0.3) is 0 Å². The van der Waals surface area contributed by atoms with Crippen LogP contribution in [-0.2, 0) is 19.1 Å². The highest BCUT2D eigenvalue weighted by Crippen LogP contribution is 2.13. The average molecular weight is 488 g/mol. The summed E-state index contributed by atoms with van der Waals surface area (Å²) in [6.07, 6.45) is 19.9. The summed E-state index contributed by atoms with van der Waals surface area (Å²) in [6, 6.07) is -0.603. The van der Waals surface area contributed by atoms with Crippen LogP contribution in [0.1, 0.15) is 122 Å². The molecule has 0 aliphatic carbocycles. The Morgan fingerprint density at radius 2 is 1.38 bits per heavy atom. The summed E-state index contributed by atoms with van der Waals surface area (Å²) < 4.78 is 4.66. The number of carbonyl (C=O) groups excluding carboxylic acids is 2. The number of unbranched alkanes of at least 4 members (excludes halogenated alkanes) is 14. The fraction of sp³-hybridized carbons (Fsp3) is 0.885. The minimum absolute atomic E-state index is 0.172. The van der Waals surface area contributed by atoms with Gasteiger partial charge in [0.1, 0.15) is 18.8 Å². The van der Waals surface area contributed by atoms with Crippen molar-refractivity contribution in [3.63, 3.8) is 0 Å². The maximum absolute atomic E-state index is 11.2. The molecule has 0 spiro atoms. The van der Waals surface area contributed by atoms with E-state index < -0.39 is 30.7 Å². The summed E-state index contributed by atoms with van der Waals surface area (Å²) >= 11 is 0. The molecule has 0 aromatic carbocycles. The molecule has 8 heteroatoms. The van der Waals surface area contributed by atoms with E-state index in [4.69, 9.17) is 15.3 Å². The number of carboxylic acids is 1. The third kappa shape index (κ3) is 20.9. The Bertz CT molecular complexity index is 527. The van der Waals surface area contributed by atoms with E-state index in [0.29, 0.717) is 19.3 Å². The number of ether oxygens (including phenoxy) is 1. The second-order valence-corrected chi connectivity index (χ2v) is 9.22. The standard InChI is InChI=1S/C18H36O2.C8H13NO5/c1-2-3-4-5-6-7-8-9-10-11-12-13-14-15-16-17-18(19)20;10-3-5(11)4-14-8(13)6-1-2-7(12)9-6/h2-17H2,1H3,(H,19,20);5-6,10-11H,1-4H2,(H,9,12)/t;5?,6-/m.0/s1. The molecule has 0 aromatic rings. The molecule has 1 aliphatic heterocycles. The molecule has 0 bridgehead atoms. The van der Waals surface area contributed by atoms with Gasteiger partial charge in [-0.15, -0.1) is 0 Å². The van der Waals surface area contributed by atoms with E-state index in [1.54, 1.807) is 0 Å². The first-order valence-electron chi connectivity index (χ1n) is 13.4. The third-order valence-corrected chi connectivity index (χ3v) is 5.90. The number of esters is 1. The van der Waals surface area contributed by atoms with Crippen molar-refractivity contribution in [3.8, 4) is 0 Å². The molecular weight excluding hydrogens is 438 g/mol. The zero-order chi connectivity index (χ0) is 25.4. The van der Waals surface area contributed by atoms with Crippen LogP contribution in [-0.4, -0.2) is 58.5 Å². The summed E-state index contributed by atoms with van der Waals surface area (Å²) in [5, 5.41) is 28.3. The maximum Gasteiger partial charge on any atom is 0.328 e. The van der Waals surface area contributed by atoms with E-state index in [1.807, 2.05) is 0 Å². The van der Waals surface area contributed by atoms with Crippen molar-refractivity contribution in [1.82, 2.24) is 5.32 Å². The topological polar surface area (TPSA) is 133 Å². The minimum Gasteiger partial charge on any atom is -0.481 e. The van der Waals surface area contributed by atoms with E-state index in [0.717, 1.165) is 12.8 Å². The SMILES string of the molecule is CCCCCCCCCCCCCCCCCC(=O)O.O=C1CC[C@@H](C(=O)OCC(O)CO)N1. The van der Waals surface area contributed by atoms with Crippen LogP contribution >= 0.6 is 0 Å². The number of nitrogens with one attached hydrogen (secondary N) is 1. The quantitative estimate of drug-likeness (QED) is 0.147. The van der Waals surface area contributed by atoms with Crippen LogP contribution in [0.3, 0.4) is 0 Å². The van der Waals surface area contributed by atoms with Crippen LogP contribution in [0.25, 0.3) is 0 Å². The number of aliphatic carboxylic acids is 1. The first kappa shape index (κ1) is 32.3. The number of carboxylic acid groups (broad SMARTS) is 1. The molecule has 1 heterocycles. The Labute approximate surface area is 205 Å². The second kappa shape index (κ2) is 23.1. The summed E-state index contributed by atoms with van der Waals surface area (Å²) in [5.74, 6) is -1.39. The monoisotopic (exact) mass is 487 g/mol. The van der Waals surface area contributed by atoms with Crippen LogP contribution in [0.15, 0.2) is 0 Å². The van der Waals surface area contributed by atoms with Crippen LogP contribution in [0, 0.1) is 0 Å². The number of rotatable bonds is 20. The van der Waals surface area contributed by atoms with E-state index in [1.165, 1.54) is 83.5 Å². The van der Waals surface area contributed by atoms with Crippen LogP contribution < -0.4 is 5.32 Å². The molecule has 0 saturated carbocycles. The minimum atomic E-state index is -1.06. The third-order valence-electron chi connectivity index (χ3n) is 5.90. The number of hydrogen-bond donors (Lipinski definition) is 4. The lowest BCUT2D eigenvalue weighted by atomic mass is 10.0.